The molecule has 2 N–H and O–H groups in total. The van der Waals surface area contributed by atoms with Crippen molar-refractivity contribution in [3.05, 3.63) is 135 Å². The Balaban J connectivity index is 1.05. The van der Waals surface area contributed by atoms with Gasteiger partial charge in [0, 0.05) is 76.1 Å². The number of anilines is 1. The fraction of sp³-hybridized carbons (Fsp3) is 0.268. The molecule has 2 aromatic carbocycles. The number of benzene rings is 2. The molecular formula is C41H38F2N8O9S. The number of fused-ring (bicyclic) bond motifs is 1. The standard InChI is InChI=1S/C41H38F2N8O9S/c1-50-35-23-44-12-9-29(35)39(53)51(41(50)55)36-8-3-24(20-45-36)17-34(40(54)60-16-15-58-2)48-38(52)30-18-32(43)33(19-31(30)42)49-61(56,57)28-6-4-25(5-7-28)27-21-46-37(47-22-27)26-10-13-59-14-11-26/h3-9,12,18-23,26,34,49H,10-11,13-17H2,1-2H3,(H,48,52)/t34-/m0/s1. The van der Waals surface area contributed by atoms with Crippen LogP contribution in [0.5, 0.6) is 0 Å². The molecule has 7 rings (SSSR count). The number of rotatable bonds is 14. The molecule has 1 amide bonds. The number of carbonyl (C=O) groups excluding carboxylic acids is 2. The number of hydrogen-bond acceptors (Lipinski definition) is 13. The molecule has 6 aromatic rings. The molecule has 4 aromatic heterocycles. The summed E-state index contributed by atoms with van der Waals surface area (Å²) in [4.78, 5) is 69.7. The van der Waals surface area contributed by atoms with E-state index in [0.717, 1.165) is 17.4 Å². The first kappa shape index (κ1) is 42.4. The zero-order valence-electron chi connectivity index (χ0n) is 32.7. The smallest absolute Gasteiger partial charge is 0.337 e. The van der Waals surface area contributed by atoms with E-state index in [1.54, 1.807) is 12.4 Å². The van der Waals surface area contributed by atoms with E-state index in [1.807, 2.05) is 4.72 Å². The van der Waals surface area contributed by atoms with Crippen molar-refractivity contribution in [3.63, 3.8) is 0 Å². The molecule has 0 bridgehead atoms. The number of nitrogens with one attached hydrogen (secondary N) is 2. The Kier molecular flexibility index (Phi) is 12.7. The highest BCUT2D eigenvalue weighted by Gasteiger charge is 2.27. The van der Waals surface area contributed by atoms with E-state index in [4.69, 9.17) is 14.2 Å². The Morgan fingerprint density at radius 3 is 2.34 bits per heavy atom. The first-order chi connectivity index (χ1) is 29.3. The van der Waals surface area contributed by atoms with Crippen molar-refractivity contribution in [2.24, 2.45) is 7.05 Å². The Morgan fingerprint density at radius 1 is 0.918 bits per heavy atom. The van der Waals surface area contributed by atoms with Gasteiger partial charge in [-0.25, -0.2) is 46.3 Å². The van der Waals surface area contributed by atoms with E-state index in [9.17, 15) is 27.6 Å². The van der Waals surface area contributed by atoms with Crippen molar-refractivity contribution in [2.45, 2.75) is 36.1 Å². The van der Waals surface area contributed by atoms with Gasteiger partial charge in [-0.2, -0.15) is 0 Å². The minimum absolute atomic E-state index is 0.0232. The molecule has 0 radical (unpaired) electrons. The molecule has 1 saturated heterocycles. The van der Waals surface area contributed by atoms with Crippen LogP contribution in [-0.4, -0.2) is 88.9 Å². The van der Waals surface area contributed by atoms with Gasteiger partial charge in [-0.3, -0.25) is 23.9 Å². The quantitative estimate of drug-likeness (QED) is 0.119. The van der Waals surface area contributed by atoms with Crippen LogP contribution in [0.3, 0.4) is 0 Å². The Labute approximate surface area is 346 Å². The first-order valence-electron chi connectivity index (χ1n) is 18.8. The van der Waals surface area contributed by atoms with Gasteiger partial charge in [0.1, 0.15) is 35.9 Å². The van der Waals surface area contributed by atoms with Crippen LogP contribution >= 0.6 is 0 Å². The largest absolute Gasteiger partial charge is 0.462 e. The summed E-state index contributed by atoms with van der Waals surface area (Å²) in [6, 6.07) is 9.46. The molecule has 1 aliphatic heterocycles. The highest BCUT2D eigenvalue weighted by atomic mass is 32.2. The number of hydrogen-bond donors (Lipinski definition) is 2. The molecule has 0 spiro atoms. The molecule has 20 heteroatoms. The average Bonchev–Trinajstić information content (AvgIpc) is 3.27. The van der Waals surface area contributed by atoms with E-state index >= 15 is 8.78 Å². The number of methoxy groups -OCH3 is 1. The number of pyridine rings is 2. The Hall–Kier alpha value is -6.77. The van der Waals surface area contributed by atoms with E-state index < -0.39 is 62.1 Å². The normalized spacial score (nSPS) is 13.8. The van der Waals surface area contributed by atoms with Crippen molar-refractivity contribution < 1.29 is 41.0 Å². The maximum atomic E-state index is 15.5. The molecular weight excluding hydrogens is 819 g/mol. The molecule has 17 nitrogen and oxygen atoms in total. The topological polar surface area (TPSA) is 216 Å². The number of aryl methyl sites for hydroxylation is 1. The van der Waals surface area contributed by atoms with Crippen LogP contribution in [0.2, 0.25) is 0 Å². The molecule has 1 fully saturated rings. The second-order valence-electron chi connectivity index (χ2n) is 13.9. The molecule has 61 heavy (non-hydrogen) atoms. The van der Waals surface area contributed by atoms with Crippen LogP contribution in [-0.2, 0) is 42.5 Å². The number of halogens is 2. The third kappa shape index (κ3) is 9.35. The molecule has 0 aliphatic carbocycles. The summed E-state index contributed by atoms with van der Waals surface area (Å²) >= 11 is 0. The van der Waals surface area contributed by atoms with Crippen LogP contribution in [0.15, 0.2) is 100 Å². The molecule has 0 saturated carbocycles. The van der Waals surface area contributed by atoms with Gasteiger partial charge in [-0.05, 0) is 54.3 Å². The van der Waals surface area contributed by atoms with Gasteiger partial charge in [-0.1, -0.05) is 18.2 Å². The van der Waals surface area contributed by atoms with Crippen molar-refractivity contribution in [2.75, 3.05) is 38.3 Å². The molecule has 5 heterocycles. The third-order valence-electron chi connectivity index (χ3n) is 9.97. The van der Waals surface area contributed by atoms with Crippen LogP contribution in [0, 0.1) is 11.6 Å². The van der Waals surface area contributed by atoms with Crippen molar-refractivity contribution in [1.82, 2.24) is 34.4 Å². The fourth-order valence-corrected chi connectivity index (χ4v) is 7.70. The van der Waals surface area contributed by atoms with E-state index in [1.165, 1.54) is 79.8 Å². The predicted molar refractivity (Wildman–Crippen MR) is 216 cm³/mol. The van der Waals surface area contributed by atoms with Gasteiger partial charge in [-0.15, -0.1) is 0 Å². The van der Waals surface area contributed by atoms with Gasteiger partial charge >= 0.3 is 11.7 Å². The highest BCUT2D eigenvalue weighted by Crippen LogP contribution is 2.27. The average molecular weight is 857 g/mol. The minimum Gasteiger partial charge on any atom is -0.462 e. The van der Waals surface area contributed by atoms with Crippen LogP contribution in [0.4, 0.5) is 14.5 Å². The zero-order valence-corrected chi connectivity index (χ0v) is 33.5. The lowest BCUT2D eigenvalue weighted by Gasteiger charge is -2.20. The first-order valence-corrected chi connectivity index (χ1v) is 20.3. The second kappa shape index (κ2) is 18.2. The van der Waals surface area contributed by atoms with Crippen molar-refractivity contribution >= 4 is 38.5 Å². The Bertz CT molecular complexity index is 2820. The fourth-order valence-electron chi connectivity index (χ4n) is 6.64. The predicted octanol–water partition coefficient (Wildman–Crippen LogP) is 3.44. The van der Waals surface area contributed by atoms with Gasteiger partial charge < -0.3 is 19.5 Å². The van der Waals surface area contributed by atoms with E-state index in [2.05, 4.69) is 25.3 Å². The van der Waals surface area contributed by atoms with Gasteiger partial charge in [0.25, 0.3) is 21.5 Å². The SMILES string of the molecule is COCCOC(=O)[C@H](Cc1ccc(-n2c(=O)c3ccncc3n(C)c2=O)nc1)NC(=O)c1cc(F)c(NS(=O)(=O)c2ccc(-c3cnc(C4CCOCC4)nc3)cc2)cc1F. The zero-order chi connectivity index (χ0) is 43.3. The van der Waals surface area contributed by atoms with E-state index in [-0.39, 0.29) is 41.7 Å². The lowest BCUT2D eigenvalue weighted by Crippen LogP contribution is -2.44. The summed E-state index contributed by atoms with van der Waals surface area (Å²) in [6.07, 6.45) is 8.76. The third-order valence-corrected chi connectivity index (χ3v) is 11.4. The molecule has 1 atom stereocenters. The highest BCUT2D eigenvalue weighted by molar-refractivity contribution is 7.92. The maximum absolute atomic E-state index is 15.5. The van der Waals surface area contributed by atoms with Gasteiger partial charge in [0.05, 0.1) is 39.9 Å². The van der Waals surface area contributed by atoms with Crippen LogP contribution in [0.1, 0.15) is 40.5 Å². The summed E-state index contributed by atoms with van der Waals surface area (Å²) in [6.45, 7) is 1.12. The van der Waals surface area contributed by atoms with Gasteiger partial charge in [0.2, 0.25) is 0 Å². The number of aromatic nitrogens is 6. The minimum atomic E-state index is -4.44. The van der Waals surface area contributed by atoms with Crippen molar-refractivity contribution in [3.8, 4) is 16.9 Å². The Morgan fingerprint density at radius 2 is 1.66 bits per heavy atom. The number of carbonyl (C=O) groups is 2. The number of sulfonamides is 1. The molecule has 0 unspecified atom stereocenters. The van der Waals surface area contributed by atoms with Crippen LogP contribution in [0.25, 0.3) is 27.8 Å². The van der Waals surface area contributed by atoms with Crippen LogP contribution < -0.4 is 21.3 Å². The summed E-state index contributed by atoms with van der Waals surface area (Å²) < 4.78 is 77.0. The lowest BCUT2D eigenvalue weighted by atomic mass is 9.99. The maximum Gasteiger partial charge on any atom is 0.337 e. The number of ether oxygens (including phenoxy) is 3. The lowest BCUT2D eigenvalue weighted by molar-refractivity contribution is -0.147. The second-order valence-corrected chi connectivity index (χ2v) is 15.6. The van der Waals surface area contributed by atoms with Crippen molar-refractivity contribution in [1.29, 1.82) is 0 Å². The number of amides is 1. The molecule has 316 valence electrons. The molecule has 1 aliphatic rings. The summed E-state index contributed by atoms with van der Waals surface area (Å²) in [5, 5.41) is 2.57. The summed E-state index contributed by atoms with van der Waals surface area (Å²) in [5.74, 6) is -3.86. The number of esters is 1. The monoisotopic (exact) mass is 856 g/mol. The summed E-state index contributed by atoms with van der Waals surface area (Å²) in [7, 11) is -1.58. The van der Waals surface area contributed by atoms with Gasteiger partial charge in [0.15, 0.2) is 0 Å². The van der Waals surface area contributed by atoms with E-state index in [0.29, 0.717) is 53.4 Å². The number of nitrogens with zero attached hydrogens (tertiary/aromatic N) is 6. The summed E-state index contributed by atoms with van der Waals surface area (Å²) in [5.41, 5.74) is -0.988.